The van der Waals surface area contributed by atoms with E-state index < -0.39 is 0 Å². The van der Waals surface area contributed by atoms with Crippen LogP contribution in [0.1, 0.15) is 5.89 Å². The Morgan fingerprint density at radius 2 is 2.23 bits per heavy atom. The highest BCUT2D eigenvalue weighted by Crippen LogP contribution is 2.15. The predicted molar refractivity (Wildman–Crippen MR) is 51.5 cm³/mol. The predicted octanol–water partition coefficient (Wildman–Crippen LogP) is 0.182. The van der Waals surface area contributed by atoms with Crippen molar-refractivity contribution in [1.82, 2.24) is 15.1 Å². The summed E-state index contributed by atoms with van der Waals surface area (Å²) >= 11 is 1.55. The topological polar surface area (TPSA) is 68.2 Å². The van der Waals surface area contributed by atoms with Crippen LogP contribution in [0.2, 0.25) is 0 Å². The molecule has 0 unspecified atom stereocenters. The van der Waals surface area contributed by atoms with Crippen LogP contribution in [0.4, 0.5) is 0 Å². The minimum atomic E-state index is 0.307. The maximum Gasteiger partial charge on any atom is 0.276 e. The highest BCUT2D eigenvalue weighted by Gasteiger charge is 2.04. The van der Waals surface area contributed by atoms with Gasteiger partial charge in [-0.2, -0.15) is 0 Å². The number of rotatable bonds is 5. The van der Waals surface area contributed by atoms with Crippen LogP contribution in [0.25, 0.3) is 0 Å². The molecule has 13 heavy (non-hydrogen) atoms. The molecule has 0 aromatic carbocycles. The second-order valence-electron chi connectivity index (χ2n) is 2.82. The molecule has 0 fully saturated rings. The van der Waals surface area contributed by atoms with E-state index in [1.165, 1.54) is 0 Å². The average molecular weight is 202 g/mol. The standard InChI is InChI=1S/C7H14N4OS/c1-11(2)3-4-13-7-10-9-6(5-8)12-7/h3-5,8H2,1-2H3. The summed E-state index contributed by atoms with van der Waals surface area (Å²) in [6.45, 7) is 1.30. The van der Waals surface area contributed by atoms with Crippen LogP contribution in [-0.2, 0) is 6.54 Å². The first-order valence-corrected chi connectivity index (χ1v) is 5.01. The summed E-state index contributed by atoms with van der Waals surface area (Å²) in [7, 11) is 4.05. The van der Waals surface area contributed by atoms with Crippen LogP contribution >= 0.6 is 11.8 Å². The third kappa shape index (κ3) is 3.75. The van der Waals surface area contributed by atoms with E-state index in [-0.39, 0.29) is 0 Å². The van der Waals surface area contributed by atoms with Gasteiger partial charge in [0.15, 0.2) is 0 Å². The monoisotopic (exact) mass is 202 g/mol. The summed E-state index contributed by atoms with van der Waals surface area (Å²) < 4.78 is 5.21. The van der Waals surface area contributed by atoms with Crippen molar-refractivity contribution in [3.05, 3.63) is 5.89 Å². The first kappa shape index (κ1) is 10.5. The average Bonchev–Trinajstić information content (AvgIpc) is 2.52. The lowest BCUT2D eigenvalue weighted by Gasteiger charge is -2.06. The lowest BCUT2D eigenvalue weighted by Crippen LogP contribution is -2.14. The molecule has 2 N–H and O–H groups in total. The van der Waals surface area contributed by atoms with Crippen LogP contribution in [0.3, 0.4) is 0 Å². The third-order valence-corrected chi connectivity index (χ3v) is 2.19. The second-order valence-corrected chi connectivity index (χ2v) is 3.86. The fourth-order valence-corrected chi connectivity index (χ4v) is 1.58. The van der Waals surface area contributed by atoms with Gasteiger partial charge in [0.1, 0.15) is 0 Å². The zero-order chi connectivity index (χ0) is 9.68. The van der Waals surface area contributed by atoms with Gasteiger partial charge in [0, 0.05) is 12.3 Å². The normalized spacial score (nSPS) is 11.1. The van der Waals surface area contributed by atoms with Gasteiger partial charge in [0.25, 0.3) is 5.22 Å². The fraction of sp³-hybridized carbons (Fsp3) is 0.714. The van der Waals surface area contributed by atoms with Crippen LogP contribution < -0.4 is 5.73 Å². The molecule has 0 saturated heterocycles. The molecule has 1 rings (SSSR count). The number of nitrogens with two attached hydrogens (primary N) is 1. The molecule has 0 aliphatic carbocycles. The SMILES string of the molecule is CN(C)CCSc1nnc(CN)o1. The summed E-state index contributed by atoms with van der Waals surface area (Å²) in [6, 6.07) is 0. The van der Waals surface area contributed by atoms with Crippen molar-refractivity contribution in [3.8, 4) is 0 Å². The van der Waals surface area contributed by atoms with Crippen molar-refractivity contribution in [2.24, 2.45) is 5.73 Å². The summed E-state index contributed by atoms with van der Waals surface area (Å²) in [4.78, 5) is 2.10. The maximum atomic E-state index is 5.33. The molecule has 6 heteroatoms. The van der Waals surface area contributed by atoms with Gasteiger partial charge in [-0.15, -0.1) is 10.2 Å². The molecular formula is C7H14N4OS. The second kappa shape index (κ2) is 5.21. The molecule has 0 saturated carbocycles. The maximum absolute atomic E-state index is 5.33. The fourth-order valence-electron chi connectivity index (χ4n) is 0.695. The van der Waals surface area contributed by atoms with Crippen molar-refractivity contribution in [2.45, 2.75) is 11.8 Å². The minimum Gasteiger partial charge on any atom is -0.415 e. The number of hydrogen-bond donors (Lipinski definition) is 1. The van der Waals surface area contributed by atoms with E-state index in [1.54, 1.807) is 11.8 Å². The Morgan fingerprint density at radius 3 is 2.77 bits per heavy atom. The molecule has 0 amide bonds. The first-order valence-electron chi connectivity index (χ1n) is 4.02. The van der Waals surface area contributed by atoms with E-state index in [0.717, 1.165) is 12.3 Å². The molecule has 0 radical (unpaired) electrons. The lowest BCUT2D eigenvalue weighted by atomic mass is 10.7. The van der Waals surface area contributed by atoms with E-state index in [4.69, 9.17) is 10.2 Å². The van der Waals surface area contributed by atoms with Crippen LogP contribution in [-0.4, -0.2) is 41.5 Å². The third-order valence-electron chi connectivity index (χ3n) is 1.39. The Hall–Kier alpha value is -0.590. The molecule has 0 aliphatic rings. The summed E-state index contributed by atoms with van der Waals surface area (Å²) in [5.41, 5.74) is 5.33. The number of hydrogen-bond acceptors (Lipinski definition) is 6. The van der Waals surface area contributed by atoms with Crippen molar-refractivity contribution < 1.29 is 4.42 Å². The molecule has 0 bridgehead atoms. The highest BCUT2D eigenvalue weighted by atomic mass is 32.2. The molecule has 0 spiro atoms. The smallest absolute Gasteiger partial charge is 0.276 e. The lowest BCUT2D eigenvalue weighted by molar-refractivity contribution is 0.411. The van der Waals surface area contributed by atoms with Crippen LogP contribution in [0, 0.1) is 0 Å². The number of aromatic nitrogens is 2. The Labute approximate surface area is 81.7 Å². The van der Waals surface area contributed by atoms with E-state index >= 15 is 0 Å². The van der Waals surface area contributed by atoms with Crippen molar-refractivity contribution in [3.63, 3.8) is 0 Å². The first-order chi connectivity index (χ1) is 6.22. The Kier molecular flexibility index (Phi) is 4.20. The van der Waals surface area contributed by atoms with Crippen molar-refractivity contribution in [2.75, 3.05) is 26.4 Å². The van der Waals surface area contributed by atoms with Crippen molar-refractivity contribution >= 4 is 11.8 Å². The molecular weight excluding hydrogens is 188 g/mol. The molecule has 1 heterocycles. The van der Waals surface area contributed by atoms with Crippen LogP contribution in [0.15, 0.2) is 9.64 Å². The quantitative estimate of drug-likeness (QED) is 0.687. The van der Waals surface area contributed by atoms with Gasteiger partial charge in [-0.25, -0.2) is 0 Å². The van der Waals surface area contributed by atoms with Gasteiger partial charge in [-0.05, 0) is 14.1 Å². The van der Waals surface area contributed by atoms with E-state index in [9.17, 15) is 0 Å². The van der Waals surface area contributed by atoms with E-state index in [1.807, 2.05) is 14.1 Å². The summed E-state index contributed by atoms with van der Waals surface area (Å²) in [6.07, 6.45) is 0. The van der Waals surface area contributed by atoms with Gasteiger partial charge in [-0.3, -0.25) is 0 Å². The van der Waals surface area contributed by atoms with Gasteiger partial charge in [0.2, 0.25) is 5.89 Å². The summed E-state index contributed by atoms with van der Waals surface area (Å²) in [5, 5.41) is 8.19. The molecule has 5 nitrogen and oxygen atoms in total. The number of nitrogens with zero attached hydrogens (tertiary/aromatic N) is 3. The Bertz CT molecular complexity index is 250. The number of thioether (sulfide) groups is 1. The van der Waals surface area contributed by atoms with Crippen molar-refractivity contribution in [1.29, 1.82) is 0 Å². The molecule has 1 aromatic rings. The Balaban J connectivity index is 2.28. The van der Waals surface area contributed by atoms with Gasteiger partial charge < -0.3 is 15.1 Å². The Morgan fingerprint density at radius 1 is 1.46 bits per heavy atom. The summed E-state index contributed by atoms with van der Waals surface area (Å²) in [5.74, 6) is 1.44. The van der Waals surface area contributed by atoms with Gasteiger partial charge >= 0.3 is 0 Å². The van der Waals surface area contributed by atoms with Crippen LogP contribution in [0.5, 0.6) is 0 Å². The van der Waals surface area contributed by atoms with E-state index in [0.29, 0.717) is 17.7 Å². The van der Waals surface area contributed by atoms with E-state index in [2.05, 4.69) is 15.1 Å². The van der Waals surface area contributed by atoms with Gasteiger partial charge in [0.05, 0.1) is 6.54 Å². The zero-order valence-corrected chi connectivity index (χ0v) is 8.67. The molecule has 74 valence electrons. The zero-order valence-electron chi connectivity index (χ0n) is 7.86. The molecule has 1 aromatic heterocycles. The molecule has 0 aliphatic heterocycles. The largest absolute Gasteiger partial charge is 0.415 e. The van der Waals surface area contributed by atoms with Gasteiger partial charge in [-0.1, -0.05) is 11.8 Å². The highest BCUT2D eigenvalue weighted by molar-refractivity contribution is 7.99. The minimum absolute atomic E-state index is 0.307. The molecule has 0 atom stereocenters.